The van der Waals surface area contributed by atoms with Gasteiger partial charge in [-0.1, -0.05) is 17.7 Å². The minimum Gasteiger partial charge on any atom is -0.496 e. The summed E-state index contributed by atoms with van der Waals surface area (Å²) in [6.07, 6.45) is 0.642. The highest BCUT2D eigenvalue weighted by molar-refractivity contribution is 7.85. The Labute approximate surface area is 126 Å². The van der Waals surface area contributed by atoms with Gasteiger partial charge in [-0.15, -0.1) is 0 Å². The molecule has 5 heteroatoms. The highest BCUT2D eigenvalue weighted by Gasteiger charge is 2.21. The van der Waals surface area contributed by atoms with Gasteiger partial charge in [-0.2, -0.15) is 0 Å². The number of aryl methyl sites for hydroxylation is 1. The van der Waals surface area contributed by atoms with Crippen molar-refractivity contribution in [2.24, 2.45) is 0 Å². The summed E-state index contributed by atoms with van der Waals surface area (Å²) < 4.78 is 23.2. The quantitative estimate of drug-likeness (QED) is 0.797. The molecule has 110 valence electrons. The Kier molecular flexibility index (Phi) is 4.75. The van der Waals surface area contributed by atoms with Gasteiger partial charge in [0.05, 0.1) is 35.5 Å². The number of carbonyl (C=O) groups excluding carboxylic acids is 1. The maximum atomic E-state index is 12.8. The fourth-order valence-corrected chi connectivity index (χ4v) is 3.28. The number of carbonyl (C=O) groups is 1. The van der Waals surface area contributed by atoms with E-state index in [4.69, 9.17) is 9.47 Å². The summed E-state index contributed by atoms with van der Waals surface area (Å²) in [5, 5.41) is 0. The van der Waals surface area contributed by atoms with Crippen LogP contribution >= 0.6 is 0 Å². The summed E-state index contributed by atoms with van der Waals surface area (Å²) in [5.74, 6) is 0.776. The second-order valence-electron chi connectivity index (χ2n) is 4.41. The van der Waals surface area contributed by atoms with Gasteiger partial charge in [-0.3, -0.25) is 4.79 Å². The number of methoxy groups -OCH3 is 2. The Hall–Kier alpha value is -2.14. The first-order chi connectivity index (χ1) is 10.1. The van der Waals surface area contributed by atoms with Crippen molar-refractivity contribution in [2.45, 2.75) is 16.7 Å². The Morgan fingerprint density at radius 3 is 2.05 bits per heavy atom. The summed E-state index contributed by atoms with van der Waals surface area (Å²) in [5.41, 5.74) is 1.32. The van der Waals surface area contributed by atoms with Crippen molar-refractivity contribution in [3.05, 3.63) is 47.5 Å². The van der Waals surface area contributed by atoms with E-state index in [-0.39, 0.29) is 5.56 Å². The molecular formula is C16H16O4S. The Bertz CT molecular complexity index is 677. The number of hydrogen-bond acceptors (Lipinski definition) is 4. The molecule has 0 N–H and O–H groups in total. The normalized spacial score (nSPS) is 11.8. The third-order valence-corrected chi connectivity index (χ3v) is 4.59. The average Bonchev–Trinajstić information content (AvgIpc) is 2.53. The second-order valence-corrected chi connectivity index (χ2v) is 5.83. The molecule has 2 aromatic rings. The zero-order chi connectivity index (χ0) is 15.4. The minimum atomic E-state index is -1.53. The van der Waals surface area contributed by atoms with Gasteiger partial charge in [-0.05, 0) is 31.2 Å². The summed E-state index contributed by atoms with van der Waals surface area (Å²) in [6.45, 7) is 1.95. The van der Waals surface area contributed by atoms with Crippen LogP contribution in [0.4, 0.5) is 0 Å². The molecule has 0 aliphatic rings. The lowest BCUT2D eigenvalue weighted by Gasteiger charge is -2.13. The largest absolute Gasteiger partial charge is 0.496 e. The van der Waals surface area contributed by atoms with E-state index in [1.807, 2.05) is 19.1 Å². The van der Waals surface area contributed by atoms with Crippen LogP contribution in [0.15, 0.2) is 46.2 Å². The lowest BCUT2D eigenvalue weighted by atomic mass is 10.2. The molecule has 0 aliphatic heterocycles. The van der Waals surface area contributed by atoms with Crippen molar-refractivity contribution >= 4 is 17.1 Å². The molecule has 0 radical (unpaired) electrons. The first kappa shape index (κ1) is 15.3. The number of hydrogen-bond donors (Lipinski definition) is 0. The standard InChI is InChI=1S/C16H16O4S/c1-11-4-6-12(7-5-11)21(18)16-13(10-17)14(19-2)8-9-15(16)20-3/h4-10H,1-3H3/t21-/m0/s1. The van der Waals surface area contributed by atoms with Gasteiger partial charge in [0.1, 0.15) is 11.5 Å². The summed E-state index contributed by atoms with van der Waals surface area (Å²) in [7, 11) is 1.42. The second kappa shape index (κ2) is 6.54. The summed E-state index contributed by atoms with van der Waals surface area (Å²) >= 11 is 0. The van der Waals surface area contributed by atoms with Crippen molar-refractivity contribution < 1.29 is 18.5 Å². The Morgan fingerprint density at radius 1 is 0.952 bits per heavy atom. The molecule has 0 aromatic heterocycles. The van der Waals surface area contributed by atoms with Gasteiger partial charge in [0.2, 0.25) is 0 Å². The molecule has 0 amide bonds. The minimum absolute atomic E-state index is 0.246. The zero-order valence-corrected chi connectivity index (χ0v) is 12.9. The van der Waals surface area contributed by atoms with Gasteiger partial charge < -0.3 is 9.47 Å². The molecule has 2 rings (SSSR count). The van der Waals surface area contributed by atoms with Crippen LogP contribution in [0, 0.1) is 6.92 Å². The molecule has 0 aliphatic carbocycles. The SMILES string of the molecule is COc1ccc(OC)c([S@@](=O)c2ccc(C)cc2)c1C=O. The van der Waals surface area contributed by atoms with Crippen molar-refractivity contribution in [3.63, 3.8) is 0 Å². The molecule has 0 unspecified atom stereocenters. The molecule has 0 heterocycles. The van der Waals surface area contributed by atoms with E-state index in [2.05, 4.69) is 0 Å². The van der Waals surface area contributed by atoms with E-state index in [0.717, 1.165) is 5.56 Å². The predicted molar refractivity (Wildman–Crippen MR) is 80.8 cm³/mol. The molecule has 0 fully saturated rings. The van der Waals surface area contributed by atoms with Crippen LogP contribution in [0.1, 0.15) is 15.9 Å². The highest BCUT2D eigenvalue weighted by atomic mass is 32.2. The van der Waals surface area contributed by atoms with Crippen LogP contribution in [0.5, 0.6) is 11.5 Å². The molecule has 0 bridgehead atoms. The van der Waals surface area contributed by atoms with Gasteiger partial charge in [0.15, 0.2) is 6.29 Å². The molecule has 4 nitrogen and oxygen atoms in total. The summed E-state index contributed by atoms with van der Waals surface area (Å²) in [4.78, 5) is 12.3. The monoisotopic (exact) mass is 304 g/mol. The molecule has 0 saturated heterocycles. The molecular weight excluding hydrogens is 288 g/mol. The third kappa shape index (κ3) is 2.97. The van der Waals surface area contributed by atoms with E-state index < -0.39 is 10.8 Å². The van der Waals surface area contributed by atoms with Crippen molar-refractivity contribution in [3.8, 4) is 11.5 Å². The number of rotatable bonds is 5. The lowest BCUT2D eigenvalue weighted by molar-refractivity contribution is 0.111. The lowest BCUT2D eigenvalue weighted by Crippen LogP contribution is -2.04. The summed E-state index contributed by atoms with van der Waals surface area (Å²) in [6, 6.07) is 10.6. The van der Waals surface area contributed by atoms with Gasteiger partial charge in [0.25, 0.3) is 0 Å². The maximum Gasteiger partial charge on any atom is 0.155 e. The molecule has 0 spiro atoms. The van der Waals surface area contributed by atoms with Crippen LogP contribution < -0.4 is 9.47 Å². The number of aldehydes is 1. The van der Waals surface area contributed by atoms with Crippen LogP contribution in [-0.2, 0) is 10.8 Å². The fourth-order valence-electron chi connectivity index (χ4n) is 1.98. The molecule has 2 aromatic carbocycles. The van der Waals surface area contributed by atoms with E-state index in [0.29, 0.717) is 27.6 Å². The Morgan fingerprint density at radius 2 is 1.52 bits per heavy atom. The Balaban J connectivity index is 2.62. The van der Waals surface area contributed by atoms with E-state index in [1.165, 1.54) is 14.2 Å². The number of benzene rings is 2. The van der Waals surface area contributed by atoms with E-state index >= 15 is 0 Å². The van der Waals surface area contributed by atoms with Crippen LogP contribution in [0.25, 0.3) is 0 Å². The van der Waals surface area contributed by atoms with Crippen molar-refractivity contribution in [2.75, 3.05) is 14.2 Å². The zero-order valence-electron chi connectivity index (χ0n) is 12.1. The van der Waals surface area contributed by atoms with Crippen molar-refractivity contribution in [1.29, 1.82) is 0 Å². The highest BCUT2D eigenvalue weighted by Crippen LogP contribution is 2.34. The van der Waals surface area contributed by atoms with Crippen molar-refractivity contribution in [1.82, 2.24) is 0 Å². The fraction of sp³-hybridized carbons (Fsp3) is 0.188. The van der Waals surface area contributed by atoms with Gasteiger partial charge >= 0.3 is 0 Å². The van der Waals surface area contributed by atoms with Crippen LogP contribution in [0.2, 0.25) is 0 Å². The first-order valence-electron chi connectivity index (χ1n) is 6.31. The first-order valence-corrected chi connectivity index (χ1v) is 7.46. The average molecular weight is 304 g/mol. The predicted octanol–water partition coefficient (Wildman–Crippen LogP) is 2.99. The van der Waals surface area contributed by atoms with Gasteiger partial charge in [0, 0.05) is 4.90 Å². The van der Waals surface area contributed by atoms with E-state index in [1.54, 1.807) is 24.3 Å². The van der Waals surface area contributed by atoms with Gasteiger partial charge in [-0.25, -0.2) is 4.21 Å². The topological polar surface area (TPSA) is 52.6 Å². The van der Waals surface area contributed by atoms with Crippen LogP contribution in [-0.4, -0.2) is 24.7 Å². The molecule has 0 saturated carbocycles. The van der Waals surface area contributed by atoms with Crippen LogP contribution in [0.3, 0.4) is 0 Å². The number of ether oxygens (including phenoxy) is 2. The smallest absolute Gasteiger partial charge is 0.155 e. The van der Waals surface area contributed by atoms with E-state index in [9.17, 15) is 9.00 Å². The third-order valence-electron chi connectivity index (χ3n) is 3.10. The molecule has 1 atom stereocenters. The maximum absolute atomic E-state index is 12.8. The molecule has 21 heavy (non-hydrogen) atoms.